The largest absolute Gasteiger partial charge is 0.348 e. The number of hydrogen-bond acceptors (Lipinski definition) is 2. The number of carbonyl (C=O) groups excluding carboxylic acids is 1. The standard InChI is InChI=1S/C17H26N2O/c1-11-5-6-15(13(3)9-11)14(4)19-17(20)16-10-12(2)7-8-18-16/h5-6,9,12,14,16,18H,7-8,10H2,1-4H3,(H,19,20). The lowest BCUT2D eigenvalue weighted by molar-refractivity contribution is -0.124. The van der Waals surface area contributed by atoms with Crippen LogP contribution >= 0.6 is 0 Å². The van der Waals surface area contributed by atoms with Crippen LogP contribution in [-0.2, 0) is 4.79 Å². The Labute approximate surface area is 122 Å². The predicted molar refractivity (Wildman–Crippen MR) is 82.7 cm³/mol. The summed E-state index contributed by atoms with van der Waals surface area (Å²) in [5.41, 5.74) is 3.70. The van der Waals surface area contributed by atoms with Gasteiger partial charge in [-0.2, -0.15) is 0 Å². The summed E-state index contributed by atoms with van der Waals surface area (Å²) in [6.45, 7) is 9.41. The molecule has 20 heavy (non-hydrogen) atoms. The zero-order chi connectivity index (χ0) is 14.7. The molecule has 2 rings (SSSR count). The number of hydrogen-bond donors (Lipinski definition) is 2. The number of amides is 1. The molecule has 1 fully saturated rings. The van der Waals surface area contributed by atoms with Gasteiger partial charge in [0.1, 0.15) is 0 Å². The van der Waals surface area contributed by atoms with Gasteiger partial charge in [-0.05, 0) is 57.2 Å². The summed E-state index contributed by atoms with van der Waals surface area (Å²) >= 11 is 0. The molecule has 1 aromatic rings. The van der Waals surface area contributed by atoms with Gasteiger partial charge in [0, 0.05) is 0 Å². The highest BCUT2D eigenvalue weighted by atomic mass is 16.2. The maximum Gasteiger partial charge on any atom is 0.237 e. The van der Waals surface area contributed by atoms with E-state index in [1.165, 1.54) is 16.7 Å². The van der Waals surface area contributed by atoms with Crippen LogP contribution in [0.25, 0.3) is 0 Å². The summed E-state index contributed by atoms with van der Waals surface area (Å²) in [6.07, 6.45) is 2.10. The van der Waals surface area contributed by atoms with Crippen molar-refractivity contribution in [3.05, 3.63) is 34.9 Å². The molecule has 2 N–H and O–H groups in total. The third-order valence-electron chi connectivity index (χ3n) is 4.23. The molecule has 0 saturated carbocycles. The van der Waals surface area contributed by atoms with Crippen molar-refractivity contribution in [2.24, 2.45) is 5.92 Å². The predicted octanol–water partition coefficient (Wildman–Crippen LogP) is 2.87. The van der Waals surface area contributed by atoms with E-state index >= 15 is 0 Å². The highest BCUT2D eigenvalue weighted by Crippen LogP contribution is 2.20. The third-order valence-corrected chi connectivity index (χ3v) is 4.23. The lowest BCUT2D eigenvalue weighted by Crippen LogP contribution is -2.48. The lowest BCUT2D eigenvalue weighted by atomic mass is 9.93. The van der Waals surface area contributed by atoms with E-state index in [-0.39, 0.29) is 18.0 Å². The van der Waals surface area contributed by atoms with Crippen molar-refractivity contribution in [3.8, 4) is 0 Å². The number of carbonyl (C=O) groups is 1. The summed E-state index contributed by atoms with van der Waals surface area (Å²) in [5.74, 6) is 0.757. The van der Waals surface area contributed by atoms with Crippen molar-refractivity contribution in [1.29, 1.82) is 0 Å². The average Bonchev–Trinajstić information content (AvgIpc) is 2.38. The molecule has 0 aromatic heterocycles. The molecule has 3 nitrogen and oxygen atoms in total. The summed E-state index contributed by atoms with van der Waals surface area (Å²) in [7, 11) is 0. The number of aryl methyl sites for hydroxylation is 2. The van der Waals surface area contributed by atoms with E-state index in [2.05, 4.69) is 56.5 Å². The van der Waals surface area contributed by atoms with Crippen molar-refractivity contribution in [2.45, 2.75) is 52.6 Å². The maximum absolute atomic E-state index is 12.3. The zero-order valence-corrected chi connectivity index (χ0v) is 13.0. The highest BCUT2D eigenvalue weighted by molar-refractivity contribution is 5.82. The van der Waals surface area contributed by atoms with Gasteiger partial charge in [0.05, 0.1) is 12.1 Å². The summed E-state index contributed by atoms with van der Waals surface area (Å²) < 4.78 is 0. The van der Waals surface area contributed by atoms with Crippen molar-refractivity contribution in [3.63, 3.8) is 0 Å². The minimum absolute atomic E-state index is 0.0352. The van der Waals surface area contributed by atoms with E-state index in [1.807, 2.05) is 0 Å². The molecule has 0 aliphatic carbocycles. The van der Waals surface area contributed by atoms with Gasteiger partial charge >= 0.3 is 0 Å². The molecule has 1 aromatic carbocycles. The molecule has 110 valence electrons. The van der Waals surface area contributed by atoms with Crippen molar-refractivity contribution in [1.82, 2.24) is 10.6 Å². The van der Waals surface area contributed by atoms with Crippen LogP contribution in [0.3, 0.4) is 0 Å². The zero-order valence-electron chi connectivity index (χ0n) is 13.0. The normalized spacial score (nSPS) is 24.2. The Balaban J connectivity index is 1.99. The van der Waals surface area contributed by atoms with Gasteiger partial charge in [0.2, 0.25) is 5.91 Å². The van der Waals surface area contributed by atoms with E-state index in [1.54, 1.807) is 0 Å². The monoisotopic (exact) mass is 274 g/mol. The molecule has 3 atom stereocenters. The van der Waals surface area contributed by atoms with Crippen LogP contribution in [-0.4, -0.2) is 18.5 Å². The van der Waals surface area contributed by atoms with E-state index in [0.717, 1.165) is 19.4 Å². The van der Waals surface area contributed by atoms with Crippen molar-refractivity contribution in [2.75, 3.05) is 6.54 Å². The molecule has 1 heterocycles. The molecule has 0 radical (unpaired) electrons. The van der Waals surface area contributed by atoms with Crippen LogP contribution in [0.15, 0.2) is 18.2 Å². The third kappa shape index (κ3) is 3.60. The molecule has 1 aliphatic heterocycles. The Morgan fingerprint density at radius 1 is 1.40 bits per heavy atom. The Morgan fingerprint density at radius 2 is 2.15 bits per heavy atom. The molecular formula is C17H26N2O. The quantitative estimate of drug-likeness (QED) is 0.890. The summed E-state index contributed by atoms with van der Waals surface area (Å²) in [6, 6.07) is 6.41. The number of benzene rings is 1. The van der Waals surface area contributed by atoms with Gasteiger partial charge < -0.3 is 10.6 Å². The second-order valence-corrected chi connectivity index (χ2v) is 6.23. The van der Waals surface area contributed by atoms with Crippen LogP contribution in [0.1, 0.15) is 49.4 Å². The SMILES string of the molecule is Cc1ccc(C(C)NC(=O)C2CC(C)CCN2)c(C)c1. The lowest BCUT2D eigenvalue weighted by Gasteiger charge is -2.28. The minimum atomic E-state index is -0.0352. The fourth-order valence-electron chi connectivity index (χ4n) is 3.01. The molecule has 1 amide bonds. The first kappa shape index (κ1) is 15.0. The molecule has 1 saturated heterocycles. The molecule has 3 heteroatoms. The van der Waals surface area contributed by atoms with Gasteiger partial charge in [-0.25, -0.2) is 0 Å². The fourth-order valence-corrected chi connectivity index (χ4v) is 3.01. The Hall–Kier alpha value is -1.35. The van der Waals surface area contributed by atoms with Gasteiger partial charge in [-0.3, -0.25) is 4.79 Å². The molecule has 1 aliphatic rings. The average molecular weight is 274 g/mol. The Morgan fingerprint density at radius 3 is 2.80 bits per heavy atom. The summed E-state index contributed by atoms with van der Waals surface area (Å²) in [5, 5.41) is 6.46. The van der Waals surface area contributed by atoms with Crippen LogP contribution in [0.5, 0.6) is 0 Å². The number of rotatable bonds is 3. The van der Waals surface area contributed by atoms with Crippen LogP contribution in [0, 0.1) is 19.8 Å². The van der Waals surface area contributed by atoms with E-state index in [0.29, 0.717) is 5.92 Å². The Kier molecular flexibility index (Phi) is 4.81. The Bertz CT molecular complexity index is 484. The number of nitrogens with one attached hydrogen (secondary N) is 2. The first-order chi connectivity index (χ1) is 9.47. The minimum Gasteiger partial charge on any atom is -0.348 e. The van der Waals surface area contributed by atoms with Gasteiger partial charge in [0.25, 0.3) is 0 Å². The first-order valence-electron chi connectivity index (χ1n) is 7.58. The smallest absolute Gasteiger partial charge is 0.237 e. The second kappa shape index (κ2) is 6.40. The topological polar surface area (TPSA) is 41.1 Å². The molecule has 0 spiro atoms. The molecular weight excluding hydrogens is 248 g/mol. The van der Waals surface area contributed by atoms with E-state index in [9.17, 15) is 4.79 Å². The second-order valence-electron chi connectivity index (χ2n) is 6.23. The van der Waals surface area contributed by atoms with Gasteiger partial charge in [-0.1, -0.05) is 30.7 Å². The highest BCUT2D eigenvalue weighted by Gasteiger charge is 2.25. The van der Waals surface area contributed by atoms with E-state index < -0.39 is 0 Å². The van der Waals surface area contributed by atoms with Gasteiger partial charge in [-0.15, -0.1) is 0 Å². The van der Waals surface area contributed by atoms with Crippen LogP contribution < -0.4 is 10.6 Å². The van der Waals surface area contributed by atoms with Crippen LogP contribution in [0.4, 0.5) is 0 Å². The van der Waals surface area contributed by atoms with Crippen molar-refractivity contribution >= 4 is 5.91 Å². The van der Waals surface area contributed by atoms with Crippen molar-refractivity contribution < 1.29 is 4.79 Å². The van der Waals surface area contributed by atoms with Crippen LogP contribution in [0.2, 0.25) is 0 Å². The summed E-state index contributed by atoms with van der Waals surface area (Å²) in [4.78, 5) is 12.3. The van der Waals surface area contributed by atoms with Gasteiger partial charge in [0.15, 0.2) is 0 Å². The fraction of sp³-hybridized carbons (Fsp3) is 0.588. The molecule has 3 unspecified atom stereocenters. The first-order valence-corrected chi connectivity index (χ1v) is 7.58. The maximum atomic E-state index is 12.3. The number of piperidine rings is 1. The molecule has 0 bridgehead atoms. The van der Waals surface area contributed by atoms with E-state index in [4.69, 9.17) is 0 Å².